The average molecular weight is 727 g/mol. The van der Waals surface area contributed by atoms with Gasteiger partial charge in [-0.3, -0.25) is 14.4 Å². The Morgan fingerprint density at radius 3 is 2.27 bits per heavy atom. The molecule has 51 heavy (non-hydrogen) atoms. The summed E-state index contributed by atoms with van der Waals surface area (Å²) < 4.78 is 22.9. The number of aromatic nitrogens is 1. The van der Waals surface area contributed by atoms with E-state index in [1.807, 2.05) is 38.1 Å². The Labute approximate surface area is 304 Å². The number of nitrogens with one attached hydrogen (secondary N) is 3. The van der Waals surface area contributed by atoms with E-state index in [9.17, 15) is 14.4 Å². The number of carbonyl (C=O) groups excluding carboxylic acids is 3. The van der Waals surface area contributed by atoms with Gasteiger partial charge in [0.05, 0.1) is 43.4 Å². The van der Waals surface area contributed by atoms with E-state index in [1.54, 1.807) is 60.7 Å². The lowest BCUT2D eigenvalue weighted by Gasteiger charge is -2.16. The summed E-state index contributed by atoms with van der Waals surface area (Å²) in [5.41, 5.74) is 2.13. The predicted octanol–water partition coefficient (Wildman–Crippen LogP) is 7.64. The molecule has 1 unspecified atom stereocenters. The maximum absolute atomic E-state index is 13.8. The molecular formula is C38H38N4O7S2. The molecule has 1 heterocycles. The third kappa shape index (κ3) is 9.38. The van der Waals surface area contributed by atoms with Crippen molar-refractivity contribution in [1.82, 2.24) is 10.3 Å². The van der Waals surface area contributed by atoms with Gasteiger partial charge >= 0.3 is 0 Å². The number of fused-ring (bicyclic) bond motifs is 1. The van der Waals surface area contributed by atoms with Crippen LogP contribution in [0.1, 0.15) is 36.2 Å². The molecule has 13 heteroatoms. The molecule has 264 valence electrons. The van der Waals surface area contributed by atoms with Crippen molar-refractivity contribution in [2.45, 2.75) is 30.4 Å². The Kier molecular flexibility index (Phi) is 12.5. The summed E-state index contributed by atoms with van der Waals surface area (Å²) in [4.78, 5) is 45.6. The van der Waals surface area contributed by atoms with Crippen LogP contribution in [0.25, 0.3) is 16.3 Å². The van der Waals surface area contributed by atoms with Crippen molar-refractivity contribution in [3.8, 4) is 23.0 Å². The Balaban J connectivity index is 1.34. The molecular weight excluding hydrogens is 689 g/mol. The number of thioether (sulfide) groups is 1. The van der Waals surface area contributed by atoms with E-state index in [0.29, 0.717) is 52.2 Å². The van der Waals surface area contributed by atoms with Crippen LogP contribution in [0.15, 0.2) is 95.5 Å². The van der Waals surface area contributed by atoms with Gasteiger partial charge in [-0.15, -0.1) is 11.8 Å². The number of rotatable bonds is 15. The first-order valence-electron chi connectivity index (χ1n) is 16.1. The van der Waals surface area contributed by atoms with E-state index in [2.05, 4.69) is 20.9 Å². The minimum atomic E-state index is -0.566. The normalized spacial score (nSPS) is 11.7. The first-order chi connectivity index (χ1) is 24.7. The fourth-order valence-electron chi connectivity index (χ4n) is 5.03. The molecule has 3 N–H and O–H groups in total. The van der Waals surface area contributed by atoms with Gasteiger partial charge in [-0.25, -0.2) is 4.98 Å². The summed E-state index contributed by atoms with van der Waals surface area (Å²) >= 11 is 2.76. The van der Waals surface area contributed by atoms with Gasteiger partial charge in [-0.2, -0.15) is 0 Å². The van der Waals surface area contributed by atoms with Crippen molar-refractivity contribution in [3.63, 3.8) is 0 Å². The summed E-state index contributed by atoms with van der Waals surface area (Å²) in [5, 5.41) is 8.67. The molecule has 5 aromatic rings. The zero-order chi connectivity index (χ0) is 36.3. The molecule has 4 aromatic carbocycles. The van der Waals surface area contributed by atoms with Gasteiger partial charge in [0.1, 0.15) is 11.4 Å². The first-order valence-corrected chi connectivity index (χ1v) is 17.7. The van der Waals surface area contributed by atoms with Gasteiger partial charge < -0.3 is 34.9 Å². The van der Waals surface area contributed by atoms with E-state index in [4.69, 9.17) is 18.9 Å². The van der Waals surface area contributed by atoms with Crippen molar-refractivity contribution >= 4 is 67.9 Å². The van der Waals surface area contributed by atoms with E-state index < -0.39 is 17.1 Å². The number of methoxy groups -OCH3 is 3. The van der Waals surface area contributed by atoms with Crippen LogP contribution in [0.4, 0.5) is 10.8 Å². The average Bonchev–Trinajstić information content (AvgIpc) is 3.55. The number of benzene rings is 4. The summed E-state index contributed by atoms with van der Waals surface area (Å²) in [7, 11) is 4.48. The molecule has 0 bridgehead atoms. The lowest BCUT2D eigenvalue weighted by Crippen LogP contribution is -2.30. The fourth-order valence-corrected chi connectivity index (χ4v) is 6.94. The highest BCUT2D eigenvalue weighted by Gasteiger charge is 2.21. The number of thiazole rings is 1. The highest BCUT2D eigenvalue weighted by atomic mass is 32.2. The molecule has 0 aliphatic carbocycles. The van der Waals surface area contributed by atoms with Crippen LogP contribution in [-0.4, -0.2) is 55.9 Å². The molecule has 1 aromatic heterocycles. The fraction of sp³-hybridized carbons (Fsp3) is 0.211. The highest BCUT2D eigenvalue weighted by molar-refractivity contribution is 8.00. The van der Waals surface area contributed by atoms with Crippen LogP contribution in [0.5, 0.6) is 23.0 Å². The molecule has 3 amide bonds. The predicted molar refractivity (Wildman–Crippen MR) is 202 cm³/mol. The maximum atomic E-state index is 13.8. The Morgan fingerprint density at radius 2 is 1.61 bits per heavy atom. The summed E-state index contributed by atoms with van der Waals surface area (Å²) in [6.45, 7) is 4.42. The Morgan fingerprint density at radius 1 is 0.863 bits per heavy atom. The zero-order valence-corrected chi connectivity index (χ0v) is 30.4. The summed E-state index contributed by atoms with van der Waals surface area (Å²) in [6, 6.07) is 24.7. The third-order valence-electron chi connectivity index (χ3n) is 7.46. The number of carbonyl (C=O) groups is 3. The van der Waals surface area contributed by atoms with Crippen LogP contribution in [0.2, 0.25) is 0 Å². The molecule has 0 aliphatic heterocycles. The van der Waals surface area contributed by atoms with Crippen LogP contribution in [0, 0.1) is 0 Å². The number of hydrogen-bond donors (Lipinski definition) is 3. The van der Waals surface area contributed by atoms with Crippen molar-refractivity contribution in [2.24, 2.45) is 0 Å². The lowest BCUT2D eigenvalue weighted by atomic mass is 10.1. The minimum Gasteiger partial charge on any atom is -0.494 e. The molecule has 0 spiro atoms. The second kappa shape index (κ2) is 17.4. The van der Waals surface area contributed by atoms with Gasteiger partial charge in [0, 0.05) is 16.1 Å². The zero-order valence-electron chi connectivity index (χ0n) is 28.8. The molecule has 0 aliphatic rings. The van der Waals surface area contributed by atoms with Crippen LogP contribution < -0.4 is 34.9 Å². The molecule has 5 rings (SSSR count). The smallest absolute Gasteiger partial charge is 0.272 e. The topological polar surface area (TPSA) is 137 Å². The minimum absolute atomic E-state index is 0.0220. The molecule has 0 radical (unpaired) electrons. The van der Waals surface area contributed by atoms with Crippen molar-refractivity contribution < 1.29 is 33.3 Å². The van der Waals surface area contributed by atoms with E-state index in [-0.39, 0.29) is 11.6 Å². The second-order valence-electron chi connectivity index (χ2n) is 10.9. The first kappa shape index (κ1) is 36.7. The number of anilines is 2. The van der Waals surface area contributed by atoms with Gasteiger partial charge in [-0.1, -0.05) is 42.5 Å². The molecule has 11 nitrogen and oxygen atoms in total. The lowest BCUT2D eigenvalue weighted by molar-refractivity contribution is -0.116. The second-order valence-corrected chi connectivity index (χ2v) is 13.2. The van der Waals surface area contributed by atoms with Crippen LogP contribution in [0.3, 0.4) is 0 Å². The van der Waals surface area contributed by atoms with Gasteiger partial charge in [0.2, 0.25) is 11.7 Å². The monoisotopic (exact) mass is 726 g/mol. The van der Waals surface area contributed by atoms with Crippen LogP contribution >= 0.6 is 23.1 Å². The largest absolute Gasteiger partial charge is 0.494 e. The number of nitrogens with zero attached hydrogens (tertiary/aromatic N) is 1. The standard InChI is InChI=1S/C38H38N4O7S2/c1-6-32(37(45)42-38-41-28-17-16-26(49-7-2)22-33(28)51-38)50-27-15-11-14-25(21-27)39-36(44)29(40-35(43)24-12-9-8-10-13-24)18-23-19-30(46-3)34(48-5)31(20-23)47-4/h8-22,32H,6-7H2,1-5H3,(H,39,44)(H,40,43)(H,41,42,45)/b29-18+. The molecule has 0 saturated carbocycles. The Bertz CT molecular complexity index is 2020. The highest BCUT2D eigenvalue weighted by Crippen LogP contribution is 2.39. The molecule has 0 saturated heterocycles. The van der Waals surface area contributed by atoms with Crippen molar-refractivity contribution in [2.75, 3.05) is 38.6 Å². The number of amides is 3. The van der Waals surface area contributed by atoms with Crippen molar-refractivity contribution in [1.29, 1.82) is 0 Å². The quantitative estimate of drug-likeness (QED) is 0.0734. The van der Waals surface area contributed by atoms with Crippen molar-refractivity contribution in [3.05, 3.63) is 102 Å². The summed E-state index contributed by atoms with van der Waals surface area (Å²) in [5.74, 6) is 0.700. The van der Waals surface area contributed by atoms with Crippen LogP contribution in [-0.2, 0) is 9.59 Å². The van der Waals surface area contributed by atoms with E-state index >= 15 is 0 Å². The summed E-state index contributed by atoms with van der Waals surface area (Å²) in [6.07, 6.45) is 2.08. The van der Waals surface area contributed by atoms with Gasteiger partial charge in [-0.05, 0) is 85.6 Å². The van der Waals surface area contributed by atoms with E-state index in [1.165, 1.54) is 50.5 Å². The number of hydrogen-bond acceptors (Lipinski definition) is 10. The molecule has 1 atom stereocenters. The Hall–Kier alpha value is -5.53. The van der Waals surface area contributed by atoms with Gasteiger partial charge in [0.15, 0.2) is 16.6 Å². The molecule has 0 fully saturated rings. The number of ether oxygens (including phenoxy) is 4. The SMILES string of the molecule is CCOc1ccc2nc(NC(=O)C(CC)Sc3cccc(NC(=O)/C(=C\c4cc(OC)c(OC)c(OC)c4)NC(=O)c4ccccc4)c3)sc2c1. The maximum Gasteiger partial charge on any atom is 0.272 e. The third-order valence-corrected chi connectivity index (χ3v) is 9.75. The van der Waals surface area contributed by atoms with Gasteiger partial charge in [0.25, 0.3) is 11.8 Å². The van der Waals surface area contributed by atoms with E-state index in [0.717, 1.165) is 20.9 Å².